The lowest BCUT2D eigenvalue weighted by Crippen LogP contribution is -2.22. The zero-order valence-corrected chi connectivity index (χ0v) is 8.99. The molecule has 82 valence electrons. The Morgan fingerprint density at radius 3 is 2.43 bits per heavy atom. The average molecular weight is 245 g/mol. The molecule has 0 rings (SSSR count). The second kappa shape index (κ2) is 5.48. The molecule has 0 aromatic carbocycles. The molecule has 0 aliphatic carbocycles. The van der Waals surface area contributed by atoms with Gasteiger partial charge in [0.15, 0.2) is 0 Å². The van der Waals surface area contributed by atoms with Crippen LogP contribution in [0, 0.1) is 0 Å². The summed E-state index contributed by atoms with van der Waals surface area (Å²) >= 11 is 5.25. The van der Waals surface area contributed by atoms with Gasteiger partial charge >= 0.3 is 13.8 Å². The molecule has 0 radical (unpaired) electrons. The molecule has 0 amide bonds. The Kier molecular flexibility index (Phi) is 5.33. The summed E-state index contributed by atoms with van der Waals surface area (Å²) in [5.74, 6) is -1.21. The van der Waals surface area contributed by atoms with Crippen molar-refractivity contribution in [2.24, 2.45) is 0 Å². The third-order valence-corrected chi connectivity index (χ3v) is 1.73. The Morgan fingerprint density at radius 2 is 2.14 bits per heavy atom. The summed E-state index contributed by atoms with van der Waals surface area (Å²) in [6, 6.07) is 0. The number of rotatable bonds is 5. The number of phosphoric acid groups is 1. The fraction of sp³-hybridized carbons (Fsp3) is 0.500. The Balaban J connectivity index is 4.24. The molecular formula is C6H10ClO6P. The highest BCUT2D eigenvalue weighted by Crippen LogP contribution is 2.38. The van der Waals surface area contributed by atoms with Crippen LogP contribution in [0.1, 0.15) is 6.92 Å². The normalized spacial score (nSPS) is 13.4. The van der Waals surface area contributed by atoms with E-state index in [1.807, 2.05) is 0 Å². The lowest BCUT2D eigenvalue weighted by molar-refractivity contribution is -0.157. The topological polar surface area (TPSA) is 93.1 Å². The number of carbonyl (C=O) groups is 1. The van der Waals surface area contributed by atoms with Crippen LogP contribution in [0.2, 0.25) is 0 Å². The number of alkyl halides is 1. The molecule has 0 saturated carbocycles. The summed E-state index contributed by atoms with van der Waals surface area (Å²) in [7, 11) is -4.72. The van der Waals surface area contributed by atoms with Crippen molar-refractivity contribution in [3.8, 4) is 0 Å². The van der Waals surface area contributed by atoms with E-state index in [2.05, 4.69) is 15.8 Å². The third kappa shape index (κ3) is 6.12. The van der Waals surface area contributed by atoms with Crippen molar-refractivity contribution < 1.29 is 28.4 Å². The van der Waals surface area contributed by atoms with Gasteiger partial charge in [0.2, 0.25) is 6.29 Å². The van der Waals surface area contributed by atoms with E-state index in [9.17, 15) is 9.36 Å². The average Bonchev–Trinajstić information content (AvgIpc) is 2.00. The number of phosphoric ester groups is 1. The van der Waals surface area contributed by atoms with E-state index in [0.29, 0.717) is 0 Å². The van der Waals surface area contributed by atoms with Crippen molar-refractivity contribution in [3.63, 3.8) is 0 Å². The van der Waals surface area contributed by atoms with Gasteiger partial charge in [-0.3, -0.25) is 0 Å². The number of halogens is 1. The van der Waals surface area contributed by atoms with E-state index in [4.69, 9.17) is 21.4 Å². The van der Waals surface area contributed by atoms with Crippen LogP contribution >= 0.6 is 19.4 Å². The lowest BCUT2D eigenvalue weighted by Gasteiger charge is -2.15. The van der Waals surface area contributed by atoms with Crippen LogP contribution in [0.3, 0.4) is 0 Å². The fourth-order valence-corrected chi connectivity index (χ4v) is 1.09. The van der Waals surface area contributed by atoms with Crippen LogP contribution in [-0.4, -0.2) is 27.9 Å². The van der Waals surface area contributed by atoms with Gasteiger partial charge in [-0.1, -0.05) is 6.58 Å². The molecule has 0 aromatic rings. The molecule has 0 aliphatic rings. The van der Waals surface area contributed by atoms with E-state index < -0.39 is 20.1 Å². The minimum atomic E-state index is -4.72. The molecule has 1 unspecified atom stereocenters. The first-order valence-electron chi connectivity index (χ1n) is 3.42. The summed E-state index contributed by atoms with van der Waals surface area (Å²) in [5.41, 5.74) is 0.0782. The highest BCUT2D eigenvalue weighted by atomic mass is 35.5. The third-order valence-electron chi connectivity index (χ3n) is 0.968. The minimum absolute atomic E-state index is 0.0782. The molecular weight excluding hydrogens is 234 g/mol. The van der Waals surface area contributed by atoms with Gasteiger partial charge in [-0.05, 0) is 6.92 Å². The van der Waals surface area contributed by atoms with Gasteiger partial charge in [0, 0.05) is 5.57 Å². The van der Waals surface area contributed by atoms with Gasteiger partial charge in [0.1, 0.15) is 0 Å². The quantitative estimate of drug-likeness (QED) is 0.244. The highest BCUT2D eigenvalue weighted by Gasteiger charge is 2.24. The highest BCUT2D eigenvalue weighted by molar-refractivity contribution is 7.46. The second-order valence-electron chi connectivity index (χ2n) is 2.37. The van der Waals surface area contributed by atoms with Crippen LogP contribution in [0.15, 0.2) is 12.2 Å². The zero-order valence-electron chi connectivity index (χ0n) is 7.34. The molecule has 0 saturated heterocycles. The van der Waals surface area contributed by atoms with E-state index in [1.165, 1.54) is 6.92 Å². The molecule has 14 heavy (non-hydrogen) atoms. The van der Waals surface area contributed by atoms with Gasteiger partial charge in [0.25, 0.3) is 0 Å². The molecule has 8 heteroatoms. The smallest absolute Gasteiger partial charge is 0.431 e. The number of carbonyl (C=O) groups excluding carboxylic acids is 1. The van der Waals surface area contributed by atoms with E-state index in [-0.39, 0.29) is 11.5 Å². The minimum Gasteiger partial charge on any atom is -0.431 e. The van der Waals surface area contributed by atoms with Crippen molar-refractivity contribution >= 4 is 25.4 Å². The first-order chi connectivity index (χ1) is 6.26. The van der Waals surface area contributed by atoms with E-state index >= 15 is 0 Å². The molecule has 6 nitrogen and oxygen atoms in total. The molecule has 0 bridgehead atoms. The largest absolute Gasteiger partial charge is 0.472 e. The molecule has 2 N–H and O–H groups in total. The zero-order chi connectivity index (χ0) is 11.4. The van der Waals surface area contributed by atoms with Crippen molar-refractivity contribution in [1.82, 2.24) is 0 Å². The SMILES string of the molecule is C=C(C)C(=O)OC(CCl)OP(=O)(O)O. The number of hydrogen-bond acceptors (Lipinski definition) is 4. The Labute approximate surface area is 85.7 Å². The maximum Gasteiger partial charge on any atom is 0.472 e. The first-order valence-corrected chi connectivity index (χ1v) is 5.49. The molecule has 1 atom stereocenters. The first kappa shape index (κ1) is 13.6. The van der Waals surface area contributed by atoms with Crippen molar-refractivity contribution in [3.05, 3.63) is 12.2 Å². The summed E-state index contributed by atoms with van der Waals surface area (Å²) in [4.78, 5) is 27.7. The molecule has 0 fully saturated rings. The van der Waals surface area contributed by atoms with Crippen molar-refractivity contribution in [2.75, 3.05) is 5.88 Å². The van der Waals surface area contributed by atoms with E-state index in [0.717, 1.165) is 0 Å². The van der Waals surface area contributed by atoms with Gasteiger partial charge in [-0.15, -0.1) is 11.6 Å². The summed E-state index contributed by atoms with van der Waals surface area (Å²) < 4.78 is 18.9. The number of ether oxygens (including phenoxy) is 1. The molecule has 0 aliphatic heterocycles. The van der Waals surface area contributed by atoms with Crippen LogP contribution in [0.25, 0.3) is 0 Å². The maximum absolute atomic E-state index is 10.9. The van der Waals surface area contributed by atoms with Crippen LogP contribution in [-0.2, 0) is 18.6 Å². The van der Waals surface area contributed by atoms with Gasteiger partial charge in [-0.2, -0.15) is 0 Å². The van der Waals surface area contributed by atoms with Crippen LogP contribution in [0.4, 0.5) is 0 Å². The Bertz CT molecular complexity index is 271. The molecule has 0 aromatic heterocycles. The van der Waals surface area contributed by atoms with Gasteiger partial charge < -0.3 is 14.5 Å². The van der Waals surface area contributed by atoms with Crippen molar-refractivity contribution in [2.45, 2.75) is 13.2 Å². The van der Waals surface area contributed by atoms with Gasteiger partial charge in [0.05, 0.1) is 5.88 Å². The molecule has 0 spiro atoms. The number of hydrogen-bond donors (Lipinski definition) is 2. The van der Waals surface area contributed by atoms with E-state index in [1.54, 1.807) is 0 Å². The Hall–Kier alpha value is -0.390. The second-order valence-corrected chi connectivity index (χ2v) is 3.87. The summed E-state index contributed by atoms with van der Waals surface area (Å²) in [6.45, 7) is 4.65. The maximum atomic E-state index is 10.9. The number of esters is 1. The van der Waals surface area contributed by atoms with Gasteiger partial charge in [-0.25, -0.2) is 13.9 Å². The van der Waals surface area contributed by atoms with Crippen LogP contribution < -0.4 is 0 Å². The summed E-state index contributed by atoms with van der Waals surface area (Å²) in [6.07, 6.45) is -1.48. The predicted octanol–water partition coefficient (Wildman–Crippen LogP) is 0.780. The monoisotopic (exact) mass is 244 g/mol. The summed E-state index contributed by atoms with van der Waals surface area (Å²) in [5, 5.41) is 0. The standard InChI is InChI=1S/C6H10ClO6P/c1-4(2)6(8)12-5(3-7)13-14(9,10)11/h5H,1,3H2,2H3,(H2,9,10,11). The Morgan fingerprint density at radius 1 is 1.64 bits per heavy atom. The lowest BCUT2D eigenvalue weighted by atomic mass is 10.4. The fourth-order valence-electron chi connectivity index (χ4n) is 0.454. The van der Waals surface area contributed by atoms with Crippen molar-refractivity contribution in [1.29, 1.82) is 0 Å². The predicted molar refractivity (Wildman–Crippen MR) is 48.5 cm³/mol. The molecule has 0 heterocycles. The van der Waals surface area contributed by atoms with Crippen LogP contribution in [0.5, 0.6) is 0 Å².